The lowest BCUT2D eigenvalue weighted by atomic mass is 9.86. The highest BCUT2D eigenvalue weighted by Crippen LogP contribution is 2.44. The molecule has 2 aromatic rings. The zero-order valence-electron chi connectivity index (χ0n) is 14.7. The molecule has 2 aromatic carbocycles. The van der Waals surface area contributed by atoms with Gasteiger partial charge in [-0.3, -0.25) is 0 Å². The van der Waals surface area contributed by atoms with Gasteiger partial charge in [0.25, 0.3) is 0 Å². The molecule has 2 atom stereocenters. The maximum Gasteiger partial charge on any atom is 0.319 e. The molecule has 4 rings (SSSR count). The van der Waals surface area contributed by atoms with Crippen molar-refractivity contribution in [3.63, 3.8) is 0 Å². The number of anilines is 1. The smallest absolute Gasteiger partial charge is 0.319 e. The molecule has 3 N–H and O–H groups in total. The fourth-order valence-corrected chi connectivity index (χ4v) is 4.34. The quantitative estimate of drug-likeness (QED) is 0.783. The topological polar surface area (TPSA) is 61.4 Å². The normalized spacial score (nSPS) is 23.0. The van der Waals surface area contributed by atoms with Gasteiger partial charge in [0.05, 0.1) is 12.1 Å². The van der Waals surface area contributed by atoms with Crippen molar-refractivity contribution in [2.75, 3.05) is 5.32 Å². The van der Waals surface area contributed by atoms with Gasteiger partial charge in [0, 0.05) is 12.1 Å². The second-order valence-corrected chi connectivity index (χ2v) is 7.83. The Morgan fingerprint density at radius 1 is 1.12 bits per heavy atom. The van der Waals surface area contributed by atoms with Gasteiger partial charge in [-0.15, -0.1) is 0 Å². The molecule has 4 nitrogen and oxygen atoms in total. The van der Waals surface area contributed by atoms with Crippen LogP contribution >= 0.6 is 0 Å². The van der Waals surface area contributed by atoms with Crippen LogP contribution < -0.4 is 10.6 Å². The molecule has 0 fully saturated rings. The zero-order valence-corrected chi connectivity index (χ0v) is 14.7. The maximum atomic E-state index is 12.6. The van der Waals surface area contributed by atoms with Gasteiger partial charge in [-0.1, -0.05) is 50.2 Å². The molecule has 4 heteroatoms. The highest BCUT2D eigenvalue weighted by molar-refractivity contribution is 5.91. The first-order valence-corrected chi connectivity index (χ1v) is 8.90. The number of fused-ring (bicyclic) bond motifs is 2. The number of benzene rings is 2. The molecule has 130 valence electrons. The molecule has 0 bridgehead atoms. The first-order chi connectivity index (χ1) is 11.9. The van der Waals surface area contributed by atoms with E-state index < -0.39 is 0 Å². The van der Waals surface area contributed by atoms with E-state index in [1.165, 1.54) is 11.1 Å². The van der Waals surface area contributed by atoms with Crippen molar-refractivity contribution < 1.29 is 9.90 Å². The number of aliphatic hydroxyl groups excluding tert-OH is 1. The van der Waals surface area contributed by atoms with Gasteiger partial charge >= 0.3 is 6.03 Å². The van der Waals surface area contributed by atoms with Crippen molar-refractivity contribution >= 4 is 11.7 Å². The van der Waals surface area contributed by atoms with E-state index in [1.807, 2.05) is 24.3 Å². The number of carbonyl (C=O) groups is 1. The molecule has 2 aliphatic rings. The summed E-state index contributed by atoms with van der Waals surface area (Å²) in [7, 11) is 0. The number of hydrogen-bond donors (Lipinski definition) is 3. The highest BCUT2D eigenvalue weighted by atomic mass is 16.3. The summed E-state index contributed by atoms with van der Waals surface area (Å²) in [6.45, 7) is 4.44. The van der Waals surface area contributed by atoms with Crippen LogP contribution in [0.2, 0.25) is 0 Å². The van der Waals surface area contributed by atoms with Gasteiger partial charge in [0.15, 0.2) is 0 Å². The van der Waals surface area contributed by atoms with E-state index in [9.17, 15) is 9.90 Å². The molecule has 0 aromatic heterocycles. The zero-order chi connectivity index (χ0) is 17.6. The molecular formula is C21H24N2O2. The lowest BCUT2D eigenvalue weighted by molar-refractivity contribution is 0.187. The summed E-state index contributed by atoms with van der Waals surface area (Å²) in [5.74, 6) is 0. The van der Waals surface area contributed by atoms with Crippen LogP contribution in [0.5, 0.6) is 0 Å². The number of nitrogens with one attached hydrogen (secondary N) is 2. The first-order valence-electron chi connectivity index (χ1n) is 8.90. The van der Waals surface area contributed by atoms with E-state index in [2.05, 4.69) is 42.7 Å². The van der Waals surface area contributed by atoms with Crippen molar-refractivity contribution in [2.24, 2.45) is 0 Å². The van der Waals surface area contributed by atoms with Gasteiger partial charge in [-0.05, 0) is 46.6 Å². The van der Waals surface area contributed by atoms with Gasteiger partial charge in [0.2, 0.25) is 0 Å². The number of hydrogen-bond acceptors (Lipinski definition) is 2. The summed E-state index contributed by atoms with van der Waals surface area (Å²) in [6.07, 6.45) is 1.82. The first kappa shape index (κ1) is 16.2. The monoisotopic (exact) mass is 336 g/mol. The molecular weight excluding hydrogens is 312 g/mol. The second-order valence-electron chi connectivity index (χ2n) is 7.83. The van der Waals surface area contributed by atoms with E-state index in [4.69, 9.17) is 0 Å². The number of aliphatic hydroxyl groups is 1. The largest absolute Gasteiger partial charge is 0.392 e. The highest BCUT2D eigenvalue weighted by Gasteiger charge is 2.37. The van der Waals surface area contributed by atoms with Crippen molar-refractivity contribution in [2.45, 2.75) is 50.7 Å². The van der Waals surface area contributed by atoms with Crippen LogP contribution in [-0.2, 0) is 18.3 Å². The van der Waals surface area contributed by atoms with Crippen molar-refractivity contribution in [3.8, 4) is 0 Å². The summed E-state index contributed by atoms with van der Waals surface area (Å²) in [5, 5.41) is 16.0. The molecule has 0 spiro atoms. The molecule has 0 radical (unpaired) electrons. The predicted octanol–water partition coefficient (Wildman–Crippen LogP) is 3.69. The summed E-state index contributed by atoms with van der Waals surface area (Å²) in [5.41, 5.74) is 5.56. The predicted molar refractivity (Wildman–Crippen MR) is 98.8 cm³/mol. The van der Waals surface area contributed by atoms with Gasteiger partial charge in [-0.25, -0.2) is 4.79 Å². The van der Waals surface area contributed by atoms with Crippen molar-refractivity contribution in [1.29, 1.82) is 0 Å². The average molecular weight is 336 g/mol. The number of carbonyl (C=O) groups excluding carboxylic acids is 1. The van der Waals surface area contributed by atoms with Crippen LogP contribution in [0.25, 0.3) is 0 Å². The van der Waals surface area contributed by atoms with Crippen LogP contribution in [0.15, 0.2) is 42.5 Å². The molecule has 0 heterocycles. The van der Waals surface area contributed by atoms with Crippen molar-refractivity contribution in [1.82, 2.24) is 5.32 Å². The Morgan fingerprint density at radius 2 is 1.92 bits per heavy atom. The van der Waals surface area contributed by atoms with E-state index in [1.54, 1.807) is 0 Å². The molecule has 0 saturated heterocycles. The molecule has 0 unspecified atom stereocenters. The Bertz CT molecular complexity index is 828. The van der Waals surface area contributed by atoms with Crippen LogP contribution in [0, 0.1) is 0 Å². The maximum absolute atomic E-state index is 12.6. The summed E-state index contributed by atoms with van der Waals surface area (Å²) in [6, 6.07) is 14.0. The van der Waals surface area contributed by atoms with Crippen molar-refractivity contribution in [3.05, 3.63) is 64.7 Å². The molecule has 25 heavy (non-hydrogen) atoms. The lowest BCUT2D eigenvalue weighted by Gasteiger charge is -2.20. The summed E-state index contributed by atoms with van der Waals surface area (Å²) >= 11 is 0. The SMILES string of the molecule is CC1(C)C[C@@H](NC(=O)Nc2cccc3c2C[C@H](O)C3)c2ccccc21. The van der Waals surface area contributed by atoms with Gasteiger partial charge < -0.3 is 15.7 Å². The average Bonchev–Trinajstić information content (AvgIpc) is 3.06. The molecule has 2 aliphatic carbocycles. The Kier molecular flexibility index (Phi) is 3.80. The number of rotatable bonds is 2. The number of amides is 2. The fourth-order valence-electron chi connectivity index (χ4n) is 4.34. The van der Waals surface area contributed by atoms with Crippen LogP contribution in [0.4, 0.5) is 10.5 Å². The Balaban J connectivity index is 1.51. The Labute approximate surface area is 148 Å². The minimum absolute atomic E-state index is 0.0218. The lowest BCUT2D eigenvalue weighted by Crippen LogP contribution is -2.32. The fraction of sp³-hybridized carbons (Fsp3) is 0.381. The Morgan fingerprint density at radius 3 is 2.76 bits per heavy atom. The van der Waals surface area contributed by atoms with E-state index in [0.717, 1.165) is 23.2 Å². The third-order valence-electron chi connectivity index (χ3n) is 5.50. The summed E-state index contributed by atoms with van der Waals surface area (Å²) < 4.78 is 0. The van der Waals surface area contributed by atoms with E-state index in [-0.39, 0.29) is 23.6 Å². The minimum atomic E-state index is -0.344. The van der Waals surface area contributed by atoms with Gasteiger partial charge in [0.1, 0.15) is 0 Å². The van der Waals surface area contributed by atoms with E-state index >= 15 is 0 Å². The third kappa shape index (κ3) is 2.91. The van der Waals surface area contributed by atoms with Crippen LogP contribution in [0.3, 0.4) is 0 Å². The minimum Gasteiger partial charge on any atom is -0.392 e. The molecule has 0 saturated carbocycles. The van der Waals surface area contributed by atoms with Crippen LogP contribution in [-0.4, -0.2) is 17.2 Å². The van der Waals surface area contributed by atoms with Crippen LogP contribution in [0.1, 0.15) is 48.6 Å². The van der Waals surface area contributed by atoms with E-state index in [0.29, 0.717) is 12.8 Å². The molecule has 2 amide bonds. The number of urea groups is 1. The van der Waals surface area contributed by atoms with Gasteiger partial charge in [-0.2, -0.15) is 0 Å². The Hall–Kier alpha value is -2.33. The molecule has 0 aliphatic heterocycles. The second kappa shape index (κ2) is 5.88. The third-order valence-corrected chi connectivity index (χ3v) is 5.50. The standard InChI is InChI=1S/C21H24N2O2/c1-21(2)12-19(15-7-3-4-8-17(15)21)23-20(25)22-18-9-5-6-13-10-14(24)11-16(13)18/h3-9,14,19,24H,10-12H2,1-2H3,(H2,22,23,25)/t14-,19-/m1/s1. The summed E-state index contributed by atoms with van der Waals surface area (Å²) in [4.78, 5) is 12.6.